The first-order chi connectivity index (χ1) is 10.7. The summed E-state index contributed by atoms with van der Waals surface area (Å²) >= 11 is 0. The summed E-state index contributed by atoms with van der Waals surface area (Å²) in [7, 11) is 0. The van der Waals surface area contributed by atoms with Gasteiger partial charge in [-0.25, -0.2) is 0 Å². The van der Waals surface area contributed by atoms with E-state index in [1.165, 1.54) is 25.7 Å². The highest BCUT2D eigenvalue weighted by molar-refractivity contribution is 5.82. The van der Waals surface area contributed by atoms with Crippen LogP contribution in [0.3, 0.4) is 0 Å². The molecule has 118 valence electrons. The molecule has 0 aromatic carbocycles. The van der Waals surface area contributed by atoms with Gasteiger partial charge in [0.15, 0.2) is 0 Å². The van der Waals surface area contributed by atoms with Crippen LogP contribution in [-0.4, -0.2) is 34.9 Å². The predicted molar refractivity (Wildman–Crippen MR) is 83.5 cm³/mol. The van der Waals surface area contributed by atoms with Gasteiger partial charge >= 0.3 is 0 Å². The number of H-pyrrole nitrogens is 1. The molecule has 2 fully saturated rings. The standard InChI is InChI=1S/C17H23N3O2/c21-15-13-10-20(8-4-12(13)3-7-18-15)16(22)14-9-17(11-19-14)5-1-2-6-17/h3,7,14,19H,1-2,4-6,8-11H2,(H,18,21). The first-order valence-electron chi connectivity index (χ1n) is 8.39. The fourth-order valence-electron chi connectivity index (χ4n) is 4.49. The molecule has 0 radical (unpaired) electrons. The van der Waals surface area contributed by atoms with Crippen molar-refractivity contribution in [1.82, 2.24) is 15.2 Å². The van der Waals surface area contributed by atoms with Crippen LogP contribution >= 0.6 is 0 Å². The van der Waals surface area contributed by atoms with E-state index in [2.05, 4.69) is 10.3 Å². The van der Waals surface area contributed by atoms with E-state index in [1.807, 2.05) is 11.0 Å². The minimum absolute atomic E-state index is 0.0533. The van der Waals surface area contributed by atoms with Crippen molar-refractivity contribution in [2.24, 2.45) is 5.41 Å². The van der Waals surface area contributed by atoms with Crippen molar-refractivity contribution >= 4 is 5.91 Å². The van der Waals surface area contributed by atoms with Gasteiger partial charge < -0.3 is 15.2 Å². The van der Waals surface area contributed by atoms with Crippen molar-refractivity contribution < 1.29 is 4.79 Å². The van der Waals surface area contributed by atoms with Gasteiger partial charge in [0.1, 0.15) is 0 Å². The number of hydrogen-bond donors (Lipinski definition) is 2. The average Bonchev–Trinajstić information content (AvgIpc) is 3.17. The molecule has 3 heterocycles. The number of rotatable bonds is 1. The molecule has 2 aliphatic heterocycles. The predicted octanol–water partition coefficient (Wildman–Crippen LogP) is 1.18. The molecule has 3 aliphatic rings. The summed E-state index contributed by atoms with van der Waals surface area (Å²) in [5.74, 6) is 0.178. The Morgan fingerprint density at radius 3 is 2.95 bits per heavy atom. The largest absolute Gasteiger partial charge is 0.336 e. The van der Waals surface area contributed by atoms with E-state index in [0.29, 0.717) is 12.0 Å². The third-order valence-electron chi connectivity index (χ3n) is 5.80. The second-order valence-corrected chi connectivity index (χ2v) is 7.17. The normalized spacial score (nSPS) is 26.4. The van der Waals surface area contributed by atoms with Crippen molar-refractivity contribution in [3.05, 3.63) is 33.7 Å². The van der Waals surface area contributed by atoms with Gasteiger partial charge in [0.05, 0.1) is 12.6 Å². The number of carbonyl (C=O) groups is 1. The second-order valence-electron chi connectivity index (χ2n) is 7.17. The van der Waals surface area contributed by atoms with Gasteiger partial charge in [-0.1, -0.05) is 12.8 Å². The minimum atomic E-state index is -0.0540. The maximum Gasteiger partial charge on any atom is 0.253 e. The van der Waals surface area contributed by atoms with Gasteiger partial charge in [-0.05, 0) is 42.7 Å². The summed E-state index contributed by atoms with van der Waals surface area (Å²) in [5.41, 5.74) is 2.16. The summed E-state index contributed by atoms with van der Waals surface area (Å²) in [4.78, 5) is 29.3. The van der Waals surface area contributed by atoms with Gasteiger partial charge in [-0.15, -0.1) is 0 Å². The number of nitrogens with zero attached hydrogens (tertiary/aromatic N) is 1. The zero-order valence-corrected chi connectivity index (χ0v) is 12.9. The number of amides is 1. The maximum atomic E-state index is 12.8. The fourth-order valence-corrected chi connectivity index (χ4v) is 4.49. The molecule has 0 bridgehead atoms. The molecule has 1 aromatic rings. The molecule has 5 heteroatoms. The third-order valence-corrected chi connectivity index (χ3v) is 5.80. The number of aromatic nitrogens is 1. The third kappa shape index (κ3) is 2.28. The molecule has 1 saturated carbocycles. The molecule has 5 nitrogen and oxygen atoms in total. The Morgan fingerprint density at radius 1 is 1.32 bits per heavy atom. The van der Waals surface area contributed by atoms with Gasteiger partial charge in [-0.3, -0.25) is 9.59 Å². The molecule has 22 heavy (non-hydrogen) atoms. The zero-order chi connectivity index (χ0) is 15.2. The fraction of sp³-hybridized carbons (Fsp3) is 0.647. The first kappa shape index (κ1) is 14.0. The van der Waals surface area contributed by atoms with Crippen LogP contribution in [0, 0.1) is 5.41 Å². The molecular weight excluding hydrogens is 278 g/mol. The van der Waals surface area contributed by atoms with E-state index >= 15 is 0 Å². The summed E-state index contributed by atoms with van der Waals surface area (Å²) in [6.45, 7) is 2.16. The minimum Gasteiger partial charge on any atom is -0.336 e. The second kappa shape index (κ2) is 5.23. The van der Waals surface area contributed by atoms with Crippen LogP contribution < -0.4 is 10.9 Å². The zero-order valence-electron chi connectivity index (χ0n) is 12.9. The topological polar surface area (TPSA) is 65.2 Å². The van der Waals surface area contributed by atoms with Gasteiger partial charge in [0.2, 0.25) is 5.91 Å². The number of fused-ring (bicyclic) bond motifs is 1. The van der Waals surface area contributed by atoms with E-state index in [0.717, 1.165) is 37.1 Å². The highest BCUT2D eigenvalue weighted by Gasteiger charge is 2.44. The summed E-state index contributed by atoms with van der Waals surface area (Å²) < 4.78 is 0. The average molecular weight is 301 g/mol. The van der Waals surface area contributed by atoms with Crippen molar-refractivity contribution in [3.8, 4) is 0 Å². The van der Waals surface area contributed by atoms with Crippen molar-refractivity contribution in [2.45, 2.75) is 51.1 Å². The summed E-state index contributed by atoms with van der Waals surface area (Å²) in [6, 6.07) is 1.90. The van der Waals surface area contributed by atoms with Crippen LogP contribution in [0.5, 0.6) is 0 Å². The molecule has 1 saturated heterocycles. The number of nitrogens with one attached hydrogen (secondary N) is 2. The molecule has 1 atom stereocenters. The highest BCUT2D eigenvalue weighted by Crippen LogP contribution is 2.44. The Balaban J connectivity index is 1.48. The van der Waals surface area contributed by atoms with Crippen molar-refractivity contribution in [2.75, 3.05) is 13.1 Å². The van der Waals surface area contributed by atoms with E-state index in [4.69, 9.17) is 0 Å². The number of carbonyl (C=O) groups excluding carboxylic acids is 1. The van der Waals surface area contributed by atoms with E-state index in [-0.39, 0.29) is 17.5 Å². The first-order valence-corrected chi connectivity index (χ1v) is 8.39. The number of pyridine rings is 1. The molecule has 1 spiro atoms. The van der Waals surface area contributed by atoms with Gasteiger partial charge in [0.25, 0.3) is 5.56 Å². The van der Waals surface area contributed by atoms with Crippen LogP contribution in [0.1, 0.15) is 43.2 Å². The van der Waals surface area contributed by atoms with Crippen LogP contribution in [0.15, 0.2) is 17.1 Å². The summed E-state index contributed by atoms with van der Waals surface area (Å²) in [6.07, 6.45) is 8.56. The Labute approximate surface area is 130 Å². The lowest BCUT2D eigenvalue weighted by Crippen LogP contribution is -2.46. The van der Waals surface area contributed by atoms with E-state index in [9.17, 15) is 9.59 Å². The van der Waals surface area contributed by atoms with Crippen LogP contribution in [0.2, 0.25) is 0 Å². The molecule has 1 amide bonds. The highest BCUT2D eigenvalue weighted by atomic mass is 16.2. The molecule has 1 aromatic heterocycles. The van der Waals surface area contributed by atoms with Gasteiger partial charge in [-0.2, -0.15) is 0 Å². The molecule has 1 aliphatic carbocycles. The Bertz CT molecular complexity index is 646. The van der Waals surface area contributed by atoms with Crippen LogP contribution in [-0.2, 0) is 17.8 Å². The smallest absolute Gasteiger partial charge is 0.253 e. The van der Waals surface area contributed by atoms with Crippen LogP contribution in [0.4, 0.5) is 0 Å². The number of aromatic amines is 1. The molecule has 4 rings (SSSR count). The Hall–Kier alpha value is -1.62. The quantitative estimate of drug-likeness (QED) is 0.819. The van der Waals surface area contributed by atoms with Crippen molar-refractivity contribution in [3.63, 3.8) is 0 Å². The SMILES string of the molecule is O=C(C1CC2(CCCC2)CN1)N1CCc2cc[nH]c(=O)c2C1. The lowest BCUT2D eigenvalue weighted by molar-refractivity contribution is -0.134. The van der Waals surface area contributed by atoms with Crippen molar-refractivity contribution in [1.29, 1.82) is 0 Å². The molecule has 1 unspecified atom stereocenters. The summed E-state index contributed by atoms with van der Waals surface area (Å²) in [5, 5.41) is 3.45. The Kier molecular flexibility index (Phi) is 3.33. The Morgan fingerprint density at radius 2 is 2.14 bits per heavy atom. The van der Waals surface area contributed by atoms with Gasteiger partial charge in [0, 0.05) is 24.8 Å². The molecular formula is C17H23N3O2. The molecule has 2 N–H and O–H groups in total. The van der Waals surface area contributed by atoms with E-state index in [1.54, 1.807) is 6.20 Å². The van der Waals surface area contributed by atoms with Crippen LogP contribution in [0.25, 0.3) is 0 Å². The monoisotopic (exact) mass is 301 g/mol. The lowest BCUT2D eigenvalue weighted by atomic mass is 9.83. The lowest BCUT2D eigenvalue weighted by Gasteiger charge is -2.30. The van der Waals surface area contributed by atoms with E-state index < -0.39 is 0 Å². The maximum absolute atomic E-state index is 12.8. The number of hydrogen-bond acceptors (Lipinski definition) is 3.